The van der Waals surface area contributed by atoms with E-state index in [1.54, 1.807) is 24.4 Å². The zero-order chi connectivity index (χ0) is 24.4. The molecule has 0 saturated carbocycles. The minimum Gasteiger partial charge on any atom is -0.496 e. The molecule has 2 heterocycles. The highest BCUT2D eigenvalue weighted by Gasteiger charge is 2.47. The van der Waals surface area contributed by atoms with Gasteiger partial charge in [-0.25, -0.2) is 13.8 Å². The SMILES string of the molecule is C/C=C\C(=C/c1ncc(-c2cc(OC)c(C(=O)N3CC(F)(F)C3)c(OC)c2)[nH]1)C(C)(C)C#N. The minimum atomic E-state index is -2.87. The quantitative estimate of drug-likeness (QED) is 0.610. The molecule has 0 aliphatic carbocycles. The molecule has 1 fully saturated rings. The molecule has 2 aromatic rings. The number of ether oxygens (including phenoxy) is 2. The fourth-order valence-corrected chi connectivity index (χ4v) is 3.48. The van der Waals surface area contributed by atoms with Crippen molar-refractivity contribution < 1.29 is 23.0 Å². The highest BCUT2D eigenvalue weighted by atomic mass is 19.3. The first-order chi connectivity index (χ1) is 15.5. The second-order valence-electron chi connectivity index (χ2n) is 8.29. The van der Waals surface area contributed by atoms with Gasteiger partial charge >= 0.3 is 0 Å². The maximum atomic E-state index is 13.3. The van der Waals surface area contributed by atoms with Crippen LogP contribution in [0.2, 0.25) is 0 Å². The van der Waals surface area contributed by atoms with Gasteiger partial charge in [-0.15, -0.1) is 0 Å². The van der Waals surface area contributed by atoms with E-state index in [-0.39, 0.29) is 17.1 Å². The lowest BCUT2D eigenvalue weighted by molar-refractivity contribution is -0.113. The molecule has 0 spiro atoms. The maximum Gasteiger partial charge on any atom is 0.282 e. The number of alkyl halides is 2. The van der Waals surface area contributed by atoms with E-state index in [4.69, 9.17) is 9.47 Å². The zero-order valence-electron chi connectivity index (χ0n) is 19.2. The molecule has 1 aromatic heterocycles. The summed E-state index contributed by atoms with van der Waals surface area (Å²) in [6.07, 6.45) is 7.12. The van der Waals surface area contributed by atoms with E-state index >= 15 is 0 Å². The second-order valence-corrected chi connectivity index (χ2v) is 8.29. The molecular weight excluding hydrogens is 430 g/mol. The fourth-order valence-electron chi connectivity index (χ4n) is 3.48. The van der Waals surface area contributed by atoms with E-state index in [2.05, 4.69) is 16.0 Å². The van der Waals surface area contributed by atoms with Crippen molar-refractivity contribution in [3.05, 3.63) is 47.4 Å². The number of halogens is 2. The van der Waals surface area contributed by atoms with Gasteiger partial charge in [0, 0.05) is 5.56 Å². The van der Waals surface area contributed by atoms with Crippen LogP contribution in [0.3, 0.4) is 0 Å². The van der Waals surface area contributed by atoms with Gasteiger partial charge in [0.05, 0.1) is 50.7 Å². The van der Waals surface area contributed by atoms with E-state index in [0.717, 1.165) is 10.5 Å². The summed E-state index contributed by atoms with van der Waals surface area (Å²) in [5.41, 5.74) is 1.43. The van der Waals surface area contributed by atoms with Crippen molar-refractivity contribution in [1.82, 2.24) is 14.9 Å². The number of aromatic nitrogens is 2. The number of carbonyl (C=O) groups excluding carboxylic acids is 1. The summed E-state index contributed by atoms with van der Waals surface area (Å²) in [6.45, 7) is 4.25. The summed E-state index contributed by atoms with van der Waals surface area (Å²) in [4.78, 5) is 21.4. The summed E-state index contributed by atoms with van der Waals surface area (Å²) in [5, 5.41) is 9.47. The number of rotatable bonds is 7. The number of nitriles is 1. The average molecular weight is 456 g/mol. The summed E-state index contributed by atoms with van der Waals surface area (Å²) < 4.78 is 37.3. The van der Waals surface area contributed by atoms with Crippen LogP contribution >= 0.6 is 0 Å². The lowest BCUT2D eigenvalue weighted by Gasteiger charge is -2.39. The van der Waals surface area contributed by atoms with Gasteiger partial charge in [0.25, 0.3) is 11.8 Å². The molecule has 0 unspecified atom stereocenters. The van der Waals surface area contributed by atoms with Gasteiger partial charge in [0.15, 0.2) is 0 Å². The van der Waals surface area contributed by atoms with Crippen molar-refractivity contribution in [2.45, 2.75) is 26.7 Å². The van der Waals surface area contributed by atoms with E-state index in [9.17, 15) is 18.8 Å². The third-order valence-electron chi connectivity index (χ3n) is 5.40. The Hall–Kier alpha value is -3.67. The molecule has 7 nitrogen and oxygen atoms in total. The Morgan fingerprint density at radius 1 is 1.27 bits per heavy atom. The van der Waals surface area contributed by atoms with Gasteiger partial charge in [0.2, 0.25) is 0 Å². The number of allylic oxidation sites excluding steroid dienone is 3. The summed E-state index contributed by atoms with van der Waals surface area (Å²) >= 11 is 0. The van der Waals surface area contributed by atoms with Crippen LogP contribution in [0.1, 0.15) is 37.0 Å². The maximum absolute atomic E-state index is 13.3. The molecule has 0 bridgehead atoms. The summed E-state index contributed by atoms with van der Waals surface area (Å²) in [7, 11) is 2.79. The molecule has 1 aliphatic heterocycles. The second kappa shape index (κ2) is 9.06. The monoisotopic (exact) mass is 456 g/mol. The Bertz CT molecular complexity index is 1130. The fraction of sp³-hybridized carbons (Fsp3) is 0.375. The largest absolute Gasteiger partial charge is 0.496 e. The van der Waals surface area contributed by atoms with E-state index in [1.165, 1.54) is 14.2 Å². The van der Waals surface area contributed by atoms with Gasteiger partial charge in [0.1, 0.15) is 22.9 Å². The van der Waals surface area contributed by atoms with E-state index in [0.29, 0.717) is 17.1 Å². The number of nitrogens with zero attached hydrogens (tertiary/aromatic N) is 3. The first kappa shape index (κ1) is 24.0. The molecule has 1 amide bonds. The number of benzene rings is 1. The van der Waals surface area contributed by atoms with Crippen molar-refractivity contribution in [1.29, 1.82) is 5.26 Å². The third-order valence-corrected chi connectivity index (χ3v) is 5.40. The number of aromatic amines is 1. The molecule has 0 radical (unpaired) electrons. The van der Waals surface area contributed by atoms with Crippen LogP contribution in [0.25, 0.3) is 17.3 Å². The van der Waals surface area contributed by atoms with Gasteiger partial charge < -0.3 is 19.4 Å². The highest BCUT2D eigenvalue weighted by Crippen LogP contribution is 2.38. The van der Waals surface area contributed by atoms with Crippen LogP contribution in [-0.2, 0) is 0 Å². The van der Waals surface area contributed by atoms with Crippen LogP contribution < -0.4 is 9.47 Å². The van der Waals surface area contributed by atoms with Gasteiger partial charge in [-0.1, -0.05) is 12.2 Å². The molecule has 9 heteroatoms. The van der Waals surface area contributed by atoms with Crippen LogP contribution in [0.15, 0.2) is 36.1 Å². The molecule has 1 N–H and O–H groups in total. The first-order valence-electron chi connectivity index (χ1n) is 10.3. The van der Waals surface area contributed by atoms with E-state index < -0.39 is 30.3 Å². The van der Waals surface area contributed by atoms with Gasteiger partial charge in [-0.05, 0) is 44.6 Å². The Balaban J connectivity index is 1.98. The predicted molar refractivity (Wildman–Crippen MR) is 120 cm³/mol. The van der Waals surface area contributed by atoms with Crippen molar-refractivity contribution in [2.24, 2.45) is 5.41 Å². The van der Waals surface area contributed by atoms with Crippen LogP contribution in [0, 0.1) is 16.7 Å². The Morgan fingerprint density at radius 3 is 2.36 bits per heavy atom. The highest BCUT2D eigenvalue weighted by molar-refractivity contribution is 6.01. The van der Waals surface area contributed by atoms with Crippen molar-refractivity contribution in [3.8, 4) is 28.8 Å². The number of hydrogen-bond acceptors (Lipinski definition) is 5. The van der Waals surface area contributed by atoms with Gasteiger partial charge in [-0.3, -0.25) is 4.79 Å². The molecule has 174 valence electrons. The standard InChI is InChI=1S/C24H26F2N4O3/c1-6-7-16(23(2,3)12-27)10-20-28-11-17(29-20)15-8-18(32-4)21(19(9-15)33-5)22(31)30-13-24(25,26)14-30/h6-11H,13-14H2,1-5H3,(H,28,29)/b7-6-,16-10+. The molecule has 33 heavy (non-hydrogen) atoms. The number of carbonyl (C=O) groups is 1. The number of methoxy groups -OCH3 is 2. The number of likely N-dealkylation sites (tertiary alicyclic amines) is 1. The number of amides is 1. The Kier molecular flexibility index (Phi) is 6.58. The van der Waals surface area contributed by atoms with Crippen molar-refractivity contribution in [3.63, 3.8) is 0 Å². The number of imidazole rings is 1. The molecule has 1 saturated heterocycles. The summed E-state index contributed by atoms with van der Waals surface area (Å²) in [5.74, 6) is -2.50. The molecule has 1 aliphatic rings. The zero-order valence-corrected chi connectivity index (χ0v) is 19.2. The van der Waals surface area contributed by atoms with Gasteiger partial charge in [-0.2, -0.15) is 5.26 Å². The van der Waals surface area contributed by atoms with Crippen molar-refractivity contribution in [2.75, 3.05) is 27.3 Å². The third kappa shape index (κ3) is 4.90. The number of nitrogens with one attached hydrogen (secondary N) is 1. The number of hydrogen-bond donors (Lipinski definition) is 1. The van der Waals surface area contributed by atoms with Crippen LogP contribution in [0.4, 0.5) is 8.78 Å². The smallest absolute Gasteiger partial charge is 0.282 e. The van der Waals surface area contributed by atoms with Crippen molar-refractivity contribution >= 4 is 12.0 Å². The number of H-pyrrole nitrogens is 1. The van der Waals surface area contributed by atoms with Crippen LogP contribution in [0.5, 0.6) is 11.5 Å². The Labute approximate surface area is 191 Å². The topological polar surface area (TPSA) is 91.2 Å². The molecular formula is C24H26F2N4O3. The van der Waals surface area contributed by atoms with E-state index in [1.807, 2.05) is 32.9 Å². The average Bonchev–Trinajstić information content (AvgIpc) is 3.24. The Morgan fingerprint density at radius 2 is 1.88 bits per heavy atom. The normalized spacial score (nSPS) is 15.8. The predicted octanol–water partition coefficient (Wildman–Crippen LogP) is 4.69. The first-order valence-corrected chi connectivity index (χ1v) is 10.3. The molecule has 1 aromatic carbocycles. The summed E-state index contributed by atoms with van der Waals surface area (Å²) in [6, 6.07) is 5.53. The lowest BCUT2D eigenvalue weighted by atomic mass is 9.85. The van der Waals surface area contributed by atoms with Crippen LogP contribution in [-0.4, -0.2) is 54.0 Å². The molecule has 3 rings (SSSR count). The minimum absolute atomic E-state index is 0.0880. The lowest BCUT2D eigenvalue weighted by Crippen LogP contribution is -2.58. The molecule has 0 atom stereocenters.